The third-order valence-electron chi connectivity index (χ3n) is 5.98. The number of hydrogen-bond acceptors (Lipinski definition) is 3. The van der Waals surface area contributed by atoms with Crippen molar-refractivity contribution in [1.29, 1.82) is 0 Å². The van der Waals surface area contributed by atoms with E-state index in [0.29, 0.717) is 30.8 Å². The molecule has 0 aromatic heterocycles. The number of carbonyl (C=O) groups is 1. The Hall–Kier alpha value is -2.18. The van der Waals surface area contributed by atoms with Crippen molar-refractivity contribution in [3.8, 4) is 0 Å². The van der Waals surface area contributed by atoms with Crippen molar-refractivity contribution in [1.82, 2.24) is 4.31 Å². The molecule has 2 heterocycles. The van der Waals surface area contributed by atoms with Gasteiger partial charge in [0.05, 0.1) is 4.90 Å². The van der Waals surface area contributed by atoms with Crippen LogP contribution in [0.15, 0.2) is 53.4 Å². The molecular weight excluding hydrogens is 384 g/mol. The molecule has 2 aromatic carbocycles. The van der Waals surface area contributed by atoms with E-state index in [1.54, 1.807) is 16.4 Å². The monoisotopic (exact) mass is 412 g/mol. The lowest BCUT2D eigenvalue weighted by Gasteiger charge is -2.26. The molecule has 29 heavy (non-hydrogen) atoms. The van der Waals surface area contributed by atoms with Crippen molar-refractivity contribution in [2.24, 2.45) is 0 Å². The van der Waals surface area contributed by atoms with E-state index in [9.17, 15) is 13.2 Å². The van der Waals surface area contributed by atoms with E-state index in [0.717, 1.165) is 36.9 Å². The van der Waals surface area contributed by atoms with Crippen LogP contribution in [0.25, 0.3) is 0 Å². The Labute approximate surface area is 173 Å². The zero-order valence-electron chi connectivity index (χ0n) is 16.9. The van der Waals surface area contributed by atoms with E-state index in [4.69, 9.17) is 0 Å². The molecule has 5 nitrogen and oxygen atoms in total. The maximum Gasteiger partial charge on any atom is 0.243 e. The molecule has 2 aromatic rings. The van der Waals surface area contributed by atoms with Crippen molar-refractivity contribution in [3.05, 3.63) is 59.7 Å². The molecule has 0 radical (unpaired) electrons. The fourth-order valence-corrected chi connectivity index (χ4v) is 5.92. The molecule has 2 aliphatic rings. The molecule has 0 aliphatic carbocycles. The van der Waals surface area contributed by atoms with Crippen LogP contribution in [0.2, 0.25) is 0 Å². The standard InChI is InChI=1S/C23H28N2O3S/c1-18-17-20-7-3-4-8-22(20)25(18)23(26)14-11-19-9-12-21(13-10-19)29(27,28)24-15-5-2-6-16-24/h3-4,7-10,12-13,18H,2,5-6,11,14-17H2,1H3. The summed E-state index contributed by atoms with van der Waals surface area (Å²) in [6, 6.07) is 15.3. The lowest BCUT2D eigenvalue weighted by atomic mass is 10.1. The number of benzene rings is 2. The number of anilines is 1. The normalized spacial score (nSPS) is 19.9. The van der Waals surface area contributed by atoms with Crippen molar-refractivity contribution in [2.45, 2.75) is 56.4 Å². The second kappa shape index (κ2) is 8.28. The first-order valence-electron chi connectivity index (χ1n) is 10.5. The lowest BCUT2D eigenvalue weighted by Crippen LogP contribution is -2.36. The zero-order valence-corrected chi connectivity index (χ0v) is 17.7. The summed E-state index contributed by atoms with van der Waals surface area (Å²) >= 11 is 0. The number of aryl methyl sites for hydroxylation is 1. The zero-order chi connectivity index (χ0) is 20.4. The number of fused-ring (bicyclic) bond motifs is 1. The smallest absolute Gasteiger partial charge is 0.243 e. The maximum atomic E-state index is 12.8. The van der Waals surface area contributed by atoms with Gasteiger partial charge in [0, 0.05) is 31.2 Å². The van der Waals surface area contributed by atoms with Gasteiger partial charge in [0.1, 0.15) is 0 Å². The van der Waals surface area contributed by atoms with Gasteiger partial charge >= 0.3 is 0 Å². The fourth-order valence-electron chi connectivity index (χ4n) is 4.40. The van der Waals surface area contributed by atoms with Crippen LogP contribution in [0.3, 0.4) is 0 Å². The highest BCUT2D eigenvalue weighted by Gasteiger charge is 2.30. The number of carbonyl (C=O) groups excluding carboxylic acids is 1. The van der Waals surface area contributed by atoms with Crippen LogP contribution >= 0.6 is 0 Å². The van der Waals surface area contributed by atoms with Crippen LogP contribution in [-0.2, 0) is 27.7 Å². The highest BCUT2D eigenvalue weighted by atomic mass is 32.2. The molecule has 1 saturated heterocycles. The number of sulfonamides is 1. The van der Waals surface area contributed by atoms with Gasteiger partial charge in [0.2, 0.25) is 15.9 Å². The number of hydrogen-bond donors (Lipinski definition) is 0. The van der Waals surface area contributed by atoms with Crippen molar-refractivity contribution in [3.63, 3.8) is 0 Å². The molecule has 1 fully saturated rings. The Bertz CT molecular complexity index is 979. The second-order valence-corrected chi connectivity index (χ2v) is 9.99. The van der Waals surface area contributed by atoms with E-state index in [1.807, 2.05) is 35.2 Å². The van der Waals surface area contributed by atoms with Crippen molar-refractivity contribution in [2.75, 3.05) is 18.0 Å². The molecule has 4 rings (SSSR count). The van der Waals surface area contributed by atoms with Crippen LogP contribution in [0.1, 0.15) is 43.7 Å². The third kappa shape index (κ3) is 4.09. The molecular formula is C23H28N2O3S. The third-order valence-corrected chi connectivity index (χ3v) is 7.89. The fraction of sp³-hybridized carbons (Fsp3) is 0.435. The topological polar surface area (TPSA) is 57.7 Å². The van der Waals surface area contributed by atoms with E-state index >= 15 is 0 Å². The minimum absolute atomic E-state index is 0.118. The number of piperidine rings is 1. The van der Waals surface area contributed by atoms with Gasteiger partial charge in [-0.2, -0.15) is 4.31 Å². The van der Waals surface area contributed by atoms with Crippen LogP contribution in [0.4, 0.5) is 5.69 Å². The molecule has 6 heteroatoms. The van der Waals surface area contributed by atoms with Gasteiger partial charge in [-0.15, -0.1) is 0 Å². The SMILES string of the molecule is CC1Cc2ccccc2N1C(=O)CCc1ccc(S(=O)(=O)N2CCCCC2)cc1. The van der Waals surface area contributed by atoms with Gasteiger partial charge in [0.15, 0.2) is 0 Å². The molecule has 0 N–H and O–H groups in total. The summed E-state index contributed by atoms with van der Waals surface area (Å²) in [7, 11) is -3.41. The highest BCUT2D eigenvalue weighted by Crippen LogP contribution is 2.32. The van der Waals surface area contributed by atoms with Gasteiger partial charge in [-0.25, -0.2) is 8.42 Å². The molecule has 1 atom stereocenters. The largest absolute Gasteiger partial charge is 0.309 e. The van der Waals surface area contributed by atoms with Crippen LogP contribution in [0, 0.1) is 0 Å². The molecule has 1 unspecified atom stereocenters. The van der Waals surface area contributed by atoms with E-state index in [2.05, 4.69) is 13.0 Å². The minimum Gasteiger partial charge on any atom is -0.309 e. The van der Waals surface area contributed by atoms with Crippen LogP contribution in [-0.4, -0.2) is 37.8 Å². The molecule has 154 valence electrons. The Morgan fingerprint density at radius 1 is 1.00 bits per heavy atom. The summed E-state index contributed by atoms with van der Waals surface area (Å²) < 4.78 is 27.1. The van der Waals surface area contributed by atoms with E-state index < -0.39 is 10.0 Å². The average Bonchev–Trinajstić information content (AvgIpc) is 3.08. The predicted octanol–water partition coefficient (Wildman–Crippen LogP) is 3.77. The summed E-state index contributed by atoms with van der Waals surface area (Å²) in [5.74, 6) is 0.118. The maximum absolute atomic E-state index is 12.8. The summed E-state index contributed by atoms with van der Waals surface area (Å²) in [6.45, 7) is 3.29. The Kier molecular flexibility index (Phi) is 5.74. The number of amides is 1. The number of para-hydroxylation sites is 1. The Balaban J connectivity index is 1.40. The van der Waals surface area contributed by atoms with Gasteiger partial charge < -0.3 is 4.90 Å². The first-order valence-corrected chi connectivity index (χ1v) is 11.9. The highest BCUT2D eigenvalue weighted by molar-refractivity contribution is 7.89. The summed E-state index contributed by atoms with van der Waals surface area (Å²) in [5.41, 5.74) is 3.23. The molecule has 0 saturated carbocycles. The van der Waals surface area contributed by atoms with Gasteiger partial charge in [-0.05, 0) is 61.9 Å². The van der Waals surface area contributed by atoms with Gasteiger partial charge in [-0.1, -0.05) is 36.8 Å². The molecule has 1 amide bonds. The van der Waals surface area contributed by atoms with E-state index in [-0.39, 0.29) is 11.9 Å². The van der Waals surface area contributed by atoms with E-state index in [1.165, 1.54) is 5.56 Å². The van der Waals surface area contributed by atoms with Crippen LogP contribution < -0.4 is 4.90 Å². The predicted molar refractivity (Wildman–Crippen MR) is 114 cm³/mol. The Morgan fingerprint density at radius 3 is 2.41 bits per heavy atom. The Morgan fingerprint density at radius 2 is 1.69 bits per heavy atom. The number of nitrogens with zero attached hydrogens (tertiary/aromatic N) is 2. The average molecular weight is 413 g/mol. The summed E-state index contributed by atoms with van der Waals surface area (Å²) in [6.07, 6.45) is 4.87. The first-order chi connectivity index (χ1) is 14.0. The lowest BCUT2D eigenvalue weighted by molar-refractivity contribution is -0.118. The molecule has 0 spiro atoms. The summed E-state index contributed by atoms with van der Waals surface area (Å²) in [5, 5.41) is 0. The van der Waals surface area contributed by atoms with Crippen molar-refractivity contribution < 1.29 is 13.2 Å². The molecule has 2 aliphatic heterocycles. The minimum atomic E-state index is -3.41. The van der Waals surface area contributed by atoms with Gasteiger partial charge in [0.25, 0.3) is 0 Å². The van der Waals surface area contributed by atoms with Gasteiger partial charge in [-0.3, -0.25) is 4.79 Å². The quantitative estimate of drug-likeness (QED) is 0.751. The van der Waals surface area contributed by atoms with Crippen molar-refractivity contribution >= 4 is 21.6 Å². The first kappa shape index (κ1) is 20.1. The molecule has 0 bridgehead atoms. The summed E-state index contributed by atoms with van der Waals surface area (Å²) in [4.78, 5) is 15.1. The number of rotatable bonds is 5. The van der Waals surface area contributed by atoms with Crippen LogP contribution in [0.5, 0.6) is 0 Å². The second-order valence-electron chi connectivity index (χ2n) is 8.05.